The fraction of sp³-hybridized carbons (Fsp3) is 0.533. The van der Waals surface area contributed by atoms with Gasteiger partial charge in [0.15, 0.2) is 0 Å². The Morgan fingerprint density at radius 1 is 1.50 bits per heavy atom. The van der Waals surface area contributed by atoms with Crippen LogP contribution in [-0.4, -0.2) is 29.9 Å². The maximum absolute atomic E-state index is 14.1. The zero-order chi connectivity index (χ0) is 14.7. The molecule has 1 aliphatic heterocycles. The van der Waals surface area contributed by atoms with Crippen molar-refractivity contribution in [2.24, 2.45) is 17.4 Å². The summed E-state index contributed by atoms with van der Waals surface area (Å²) in [5.41, 5.74) is 12.2. The Balaban J connectivity index is 2.26. The smallest absolute Gasteiger partial charge is 0.221 e. The SMILES string of the molecule is CCC(N)C(c1ccccc1F)N1CCC(C(N)=O)C1. The number of halogens is 1. The van der Waals surface area contributed by atoms with Crippen LogP contribution in [0.1, 0.15) is 31.4 Å². The fourth-order valence-electron chi connectivity index (χ4n) is 2.91. The maximum Gasteiger partial charge on any atom is 0.221 e. The number of hydrogen-bond acceptors (Lipinski definition) is 3. The van der Waals surface area contributed by atoms with E-state index in [0.717, 1.165) is 19.4 Å². The number of carbonyl (C=O) groups is 1. The molecule has 110 valence electrons. The fourth-order valence-corrected chi connectivity index (χ4v) is 2.91. The molecule has 3 atom stereocenters. The third-order valence-corrected chi connectivity index (χ3v) is 4.12. The van der Waals surface area contributed by atoms with Crippen LogP contribution >= 0.6 is 0 Å². The Labute approximate surface area is 118 Å². The quantitative estimate of drug-likeness (QED) is 0.856. The Morgan fingerprint density at radius 3 is 2.75 bits per heavy atom. The topological polar surface area (TPSA) is 72.3 Å². The van der Waals surface area contributed by atoms with Gasteiger partial charge < -0.3 is 11.5 Å². The molecule has 4 N–H and O–H groups in total. The molecule has 3 unspecified atom stereocenters. The van der Waals surface area contributed by atoms with Gasteiger partial charge in [-0.2, -0.15) is 0 Å². The van der Waals surface area contributed by atoms with E-state index in [1.54, 1.807) is 12.1 Å². The number of carbonyl (C=O) groups excluding carboxylic acids is 1. The monoisotopic (exact) mass is 279 g/mol. The average molecular weight is 279 g/mol. The van der Waals surface area contributed by atoms with Crippen molar-refractivity contribution in [3.63, 3.8) is 0 Å². The van der Waals surface area contributed by atoms with Crippen molar-refractivity contribution < 1.29 is 9.18 Å². The van der Waals surface area contributed by atoms with Gasteiger partial charge >= 0.3 is 0 Å². The molecule has 1 saturated heterocycles. The van der Waals surface area contributed by atoms with Crippen LogP contribution in [0.25, 0.3) is 0 Å². The van der Waals surface area contributed by atoms with E-state index in [1.165, 1.54) is 6.07 Å². The molecular weight excluding hydrogens is 257 g/mol. The Hall–Kier alpha value is -1.46. The lowest BCUT2D eigenvalue weighted by Crippen LogP contribution is -2.41. The first-order valence-corrected chi connectivity index (χ1v) is 7.08. The molecule has 0 saturated carbocycles. The normalized spacial score (nSPS) is 22.6. The minimum atomic E-state index is -0.287. The lowest BCUT2D eigenvalue weighted by Gasteiger charge is -2.32. The minimum Gasteiger partial charge on any atom is -0.369 e. The predicted octanol–water partition coefficient (Wildman–Crippen LogP) is 1.41. The summed E-state index contributed by atoms with van der Waals surface area (Å²) in [4.78, 5) is 13.4. The summed E-state index contributed by atoms with van der Waals surface area (Å²) in [7, 11) is 0. The third-order valence-electron chi connectivity index (χ3n) is 4.12. The maximum atomic E-state index is 14.1. The highest BCUT2D eigenvalue weighted by molar-refractivity contribution is 5.77. The average Bonchev–Trinajstić information content (AvgIpc) is 2.90. The van der Waals surface area contributed by atoms with Gasteiger partial charge in [0.05, 0.1) is 12.0 Å². The lowest BCUT2D eigenvalue weighted by atomic mass is 9.96. The predicted molar refractivity (Wildman–Crippen MR) is 76.3 cm³/mol. The van der Waals surface area contributed by atoms with E-state index in [2.05, 4.69) is 4.90 Å². The summed E-state index contributed by atoms with van der Waals surface area (Å²) < 4.78 is 14.1. The van der Waals surface area contributed by atoms with Crippen molar-refractivity contribution in [1.29, 1.82) is 0 Å². The molecule has 0 spiro atoms. The van der Waals surface area contributed by atoms with Gasteiger partial charge in [-0.25, -0.2) is 4.39 Å². The highest BCUT2D eigenvalue weighted by atomic mass is 19.1. The number of nitrogens with zero attached hydrogens (tertiary/aromatic N) is 1. The number of primary amides is 1. The van der Waals surface area contributed by atoms with Crippen molar-refractivity contribution in [2.45, 2.75) is 31.8 Å². The minimum absolute atomic E-state index is 0.159. The van der Waals surface area contributed by atoms with E-state index in [4.69, 9.17) is 11.5 Å². The van der Waals surface area contributed by atoms with Crippen molar-refractivity contribution in [3.8, 4) is 0 Å². The molecule has 2 rings (SSSR count). The first-order valence-electron chi connectivity index (χ1n) is 7.08. The molecule has 0 aliphatic carbocycles. The highest BCUT2D eigenvalue weighted by Crippen LogP contribution is 2.31. The molecule has 1 fully saturated rings. The number of benzene rings is 1. The molecule has 1 aromatic rings. The largest absolute Gasteiger partial charge is 0.369 e. The van der Waals surface area contributed by atoms with E-state index in [0.29, 0.717) is 12.1 Å². The molecular formula is C15H22FN3O. The van der Waals surface area contributed by atoms with Crippen molar-refractivity contribution in [2.75, 3.05) is 13.1 Å². The van der Waals surface area contributed by atoms with E-state index in [1.807, 2.05) is 13.0 Å². The summed E-state index contributed by atoms with van der Waals surface area (Å²) in [5.74, 6) is -0.692. The summed E-state index contributed by atoms with van der Waals surface area (Å²) in [6.45, 7) is 3.27. The van der Waals surface area contributed by atoms with E-state index < -0.39 is 0 Å². The van der Waals surface area contributed by atoms with Crippen molar-refractivity contribution >= 4 is 5.91 Å². The van der Waals surface area contributed by atoms with Gasteiger partial charge in [-0.3, -0.25) is 9.69 Å². The van der Waals surface area contributed by atoms with Crippen LogP contribution in [-0.2, 0) is 4.79 Å². The second kappa shape index (κ2) is 6.33. The van der Waals surface area contributed by atoms with Gasteiger partial charge in [-0.05, 0) is 25.5 Å². The van der Waals surface area contributed by atoms with Crippen LogP contribution in [0.5, 0.6) is 0 Å². The molecule has 5 heteroatoms. The van der Waals surface area contributed by atoms with Crippen molar-refractivity contribution in [3.05, 3.63) is 35.6 Å². The van der Waals surface area contributed by atoms with Gasteiger partial charge in [0.2, 0.25) is 5.91 Å². The van der Waals surface area contributed by atoms with E-state index in [-0.39, 0.29) is 29.7 Å². The van der Waals surface area contributed by atoms with E-state index in [9.17, 15) is 9.18 Å². The summed E-state index contributed by atoms with van der Waals surface area (Å²) >= 11 is 0. The van der Waals surface area contributed by atoms with Crippen LogP contribution in [0, 0.1) is 11.7 Å². The summed E-state index contributed by atoms with van der Waals surface area (Å²) in [6, 6.07) is 6.34. The molecule has 1 amide bonds. The van der Waals surface area contributed by atoms with Gasteiger partial charge in [-0.15, -0.1) is 0 Å². The Morgan fingerprint density at radius 2 is 2.20 bits per heavy atom. The molecule has 1 aromatic carbocycles. The van der Waals surface area contributed by atoms with Gasteiger partial charge in [-0.1, -0.05) is 25.1 Å². The molecule has 4 nitrogen and oxygen atoms in total. The second-order valence-corrected chi connectivity index (χ2v) is 5.42. The van der Waals surface area contributed by atoms with Crippen LogP contribution in [0.2, 0.25) is 0 Å². The van der Waals surface area contributed by atoms with Gasteiger partial charge in [0.1, 0.15) is 5.82 Å². The van der Waals surface area contributed by atoms with Crippen LogP contribution < -0.4 is 11.5 Å². The first-order chi connectivity index (χ1) is 9.54. The van der Waals surface area contributed by atoms with Crippen LogP contribution in [0.4, 0.5) is 4.39 Å². The third kappa shape index (κ3) is 2.99. The number of amides is 1. The summed E-state index contributed by atoms with van der Waals surface area (Å²) in [5, 5.41) is 0. The number of rotatable bonds is 5. The number of likely N-dealkylation sites (tertiary alicyclic amines) is 1. The molecule has 1 heterocycles. The summed E-state index contributed by atoms with van der Waals surface area (Å²) in [6.07, 6.45) is 1.47. The lowest BCUT2D eigenvalue weighted by molar-refractivity contribution is -0.121. The Kier molecular flexibility index (Phi) is 4.73. The second-order valence-electron chi connectivity index (χ2n) is 5.42. The van der Waals surface area contributed by atoms with E-state index >= 15 is 0 Å². The van der Waals surface area contributed by atoms with Crippen LogP contribution in [0.3, 0.4) is 0 Å². The van der Waals surface area contributed by atoms with Gasteiger partial charge in [0.25, 0.3) is 0 Å². The molecule has 0 aromatic heterocycles. The zero-order valence-electron chi connectivity index (χ0n) is 11.8. The standard InChI is InChI=1S/C15H22FN3O/c1-2-13(17)14(11-5-3-4-6-12(11)16)19-8-7-10(9-19)15(18)20/h3-6,10,13-14H,2,7-9,17H2,1H3,(H2,18,20). The molecule has 20 heavy (non-hydrogen) atoms. The van der Waals surface area contributed by atoms with Crippen molar-refractivity contribution in [1.82, 2.24) is 4.90 Å². The van der Waals surface area contributed by atoms with Crippen LogP contribution in [0.15, 0.2) is 24.3 Å². The zero-order valence-corrected chi connectivity index (χ0v) is 11.8. The molecule has 1 aliphatic rings. The van der Waals surface area contributed by atoms with Gasteiger partial charge in [0, 0.05) is 18.2 Å². The Bertz CT molecular complexity index is 480. The molecule has 0 radical (unpaired) electrons. The molecule has 0 bridgehead atoms. The number of nitrogens with two attached hydrogens (primary N) is 2. The highest BCUT2D eigenvalue weighted by Gasteiger charge is 2.35. The first kappa shape index (κ1) is 14.9. The number of hydrogen-bond donors (Lipinski definition) is 2.